The summed E-state index contributed by atoms with van der Waals surface area (Å²) in [5.74, 6) is 2.47. The minimum Gasteiger partial charge on any atom is -0.370 e. The first-order valence-electron chi connectivity index (χ1n) is 8.08. The zero-order valence-corrected chi connectivity index (χ0v) is 13.0. The molecule has 1 fully saturated rings. The van der Waals surface area contributed by atoms with Crippen LogP contribution in [0.3, 0.4) is 0 Å². The van der Waals surface area contributed by atoms with E-state index in [9.17, 15) is 0 Å². The average Bonchev–Trinajstić information content (AvgIpc) is 2.61. The van der Waals surface area contributed by atoms with E-state index >= 15 is 0 Å². The van der Waals surface area contributed by atoms with Gasteiger partial charge in [0, 0.05) is 37.0 Å². The number of anilines is 1. The van der Waals surface area contributed by atoms with Crippen molar-refractivity contribution < 1.29 is 0 Å². The molecule has 3 rings (SSSR count). The highest BCUT2D eigenvalue weighted by atomic mass is 15.0. The van der Waals surface area contributed by atoms with Gasteiger partial charge in [-0.05, 0) is 44.0 Å². The molecule has 0 spiro atoms. The topological polar surface area (TPSA) is 62.7 Å². The highest BCUT2D eigenvalue weighted by Gasteiger charge is 2.13. The summed E-state index contributed by atoms with van der Waals surface area (Å²) < 4.78 is 0. The number of piperidine rings is 1. The molecule has 5 heteroatoms. The average molecular weight is 297 g/mol. The lowest BCUT2D eigenvalue weighted by atomic mass is 10.00. The number of nitrogens with zero attached hydrogens (tertiary/aromatic N) is 3. The highest BCUT2D eigenvalue weighted by molar-refractivity contribution is 5.61. The number of aromatic nitrogens is 3. The summed E-state index contributed by atoms with van der Waals surface area (Å²) in [6, 6.07) is 6.00. The molecule has 2 aromatic rings. The van der Waals surface area contributed by atoms with Gasteiger partial charge in [-0.3, -0.25) is 4.98 Å². The fourth-order valence-electron chi connectivity index (χ4n) is 2.76. The van der Waals surface area contributed by atoms with Crippen molar-refractivity contribution in [3.63, 3.8) is 0 Å². The van der Waals surface area contributed by atoms with Gasteiger partial charge < -0.3 is 10.6 Å². The SMILES string of the molecule is CCc1nc(NCC2CCCNC2)cc(-c2ccncc2)n1. The zero-order valence-electron chi connectivity index (χ0n) is 13.0. The maximum Gasteiger partial charge on any atom is 0.131 e. The van der Waals surface area contributed by atoms with Gasteiger partial charge in [-0.2, -0.15) is 0 Å². The van der Waals surface area contributed by atoms with Gasteiger partial charge in [-0.25, -0.2) is 9.97 Å². The number of rotatable bonds is 5. The van der Waals surface area contributed by atoms with Gasteiger partial charge in [0.1, 0.15) is 11.6 Å². The number of hydrogen-bond donors (Lipinski definition) is 2. The Bertz CT molecular complexity index is 593. The van der Waals surface area contributed by atoms with Crippen LogP contribution in [0.1, 0.15) is 25.6 Å². The second kappa shape index (κ2) is 7.31. The van der Waals surface area contributed by atoms with E-state index < -0.39 is 0 Å². The number of aryl methyl sites for hydroxylation is 1. The molecular weight excluding hydrogens is 274 g/mol. The summed E-state index contributed by atoms with van der Waals surface area (Å²) in [4.78, 5) is 13.3. The lowest BCUT2D eigenvalue weighted by Crippen LogP contribution is -2.33. The van der Waals surface area contributed by atoms with Crippen molar-refractivity contribution in [2.75, 3.05) is 25.0 Å². The minimum atomic E-state index is 0.679. The molecule has 1 atom stereocenters. The van der Waals surface area contributed by atoms with E-state index in [2.05, 4.69) is 32.5 Å². The Hall–Kier alpha value is -2.01. The maximum atomic E-state index is 4.63. The lowest BCUT2D eigenvalue weighted by molar-refractivity contribution is 0.392. The fraction of sp³-hybridized carbons (Fsp3) is 0.471. The van der Waals surface area contributed by atoms with Crippen LogP contribution in [-0.2, 0) is 6.42 Å². The molecule has 1 aliphatic heterocycles. The first kappa shape index (κ1) is 14.9. The lowest BCUT2D eigenvalue weighted by Gasteiger charge is -2.23. The summed E-state index contributed by atoms with van der Waals surface area (Å²) in [5, 5.41) is 6.94. The maximum absolute atomic E-state index is 4.63. The van der Waals surface area contributed by atoms with Crippen LogP contribution < -0.4 is 10.6 Å². The molecule has 0 aliphatic carbocycles. The molecule has 1 aliphatic rings. The van der Waals surface area contributed by atoms with Crippen molar-refractivity contribution in [1.29, 1.82) is 0 Å². The third-order valence-corrected chi connectivity index (χ3v) is 4.04. The van der Waals surface area contributed by atoms with Crippen molar-refractivity contribution in [2.45, 2.75) is 26.2 Å². The molecular formula is C17H23N5. The fourth-order valence-corrected chi connectivity index (χ4v) is 2.76. The Morgan fingerprint density at radius 3 is 2.86 bits per heavy atom. The first-order valence-corrected chi connectivity index (χ1v) is 8.08. The van der Waals surface area contributed by atoms with Crippen molar-refractivity contribution in [2.24, 2.45) is 5.92 Å². The summed E-state index contributed by atoms with van der Waals surface area (Å²) in [6.45, 7) is 5.29. The molecule has 1 unspecified atom stereocenters. The highest BCUT2D eigenvalue weighted by Crippen LogP contribution is 2.20. The Morgan fingerprint density at radius 2 is 2.14 bits per heavy atom. The van der Waals surface area contributed by atoms with E-state index in [1.165, 1.54) is 12.8 Å². The van der Waals surface area contributed by atoms with E-state index in [-0.39, 0.29) is 0 Å². The van der Waals surface area contributed by atoms with E-state index in [1.807, 2.05) is 18.2 Å². The van der Waals surface area contributed by atoms with Crippen molar-refractivity contribution >= 4 is 5.82 Å². The van der Waals surface area contributed by atoms with Crippen LogP contribution in [0, 0.1) is 5.92 Å². The van der Waals surface area contributed by atoms with Crippen LogP contribution >= 0.6 is 0 Å². The van der Waals surface area contributed by atoms with Gasteiger partial charge >= 0.3 is 0 Å². The normalized spacial score (nSPS) is 18.1. The van der Waals surface area contributed by atoms with Crippen LogP contribution in [0.2, 0.25) is 0 Å². The third kappa shape index (κ3) is 3.80. The van der Waals surface area contributed by atoms with E-state index in [1.54, 1.807) is 12.4 Å². The Kier molecular flexibility index (Phi) is 4.96. The van der Waals surface area contributed by atoms with Crippen molar-refractivity contribution in [3.05, 3.63) is 36.4 Å². The molecule has 116 valence electrons. The predicted octanol–water partition coefficient (Wildman–Crippen LogP) is 2.51. The van der Waals surface area contributed by atoms with Crippen LogP contribution in [0.5, 0.6) is 0 Å². The molecule has 0 amide bonds. The second-order valence-electron chi connectivity index (χ2n) is 5.74. The molecule has 1 saturated heterocycles. The van der Waals surface area contributed by atoms with E-state index in [0.717, 1.165) is 49.0 Å². The third-order valence-electron chi connectivity index (χ3n) is 4.04. The van der Waals surface area contributed by atoms with Crippen molar-refractivity contribution in [1.82, 2.24) is 20.3 Å². The molecule has 0 saturated carbocycles. The number of hydrogen-bond acceptors (Lipinski definition) is 5. The Morgan fingerprint density at radius 1 is 1.27 bits per heavy atom. The smallest absolute Gasteiger partial charge is 0.131 e. The van der Waals surface area contributed by atoms with Gasteiger partial charge in [0.15, 0.2) is 0 Å². The quantitative estimate of drug-likeness (QED) is 0.888. The Balaban J connectivity index is 1.75. The number of nitrogens with one attached hydrogen (secondary N) is 2. The second-order valence-corrected chi connectivity index (χ2v) is 5.74. The number of pyridine rings is 1. The summed E-state index contributed by atoms with van der Waals surface area (Å²) in [7, 11) is 0. The molecule has 0 bridgehead atoms. The van der Waals surface area contributed by atoms with Gasteiger partial charge in [-0.15, -0.1) is 0 Å². The summed E-state index contributed by atoms with van der Waals surface area (Å²) in [5.41, 5.74) is 2.04. The van der Waals surface area contributed by atoms with Crippen LogP contribution in [0.15, 0.2) is 30.6 Å². The van der Waals surface area contributed by atoms with E-state index in [0.29, 0.717) is 5.92 Å². The van der Waals surface area contributed by atoms with Crippen molar-refractivity contribution in [3.8, 4) is 11.3 Å². The largest absolute Gasteiger partial charge is 0.370 e. The zero-order chi connectivity index (χ0) is 15.2. The van der Waals surface area contributed by atoms with Crippen LogP contribution in [0.4, 0.5) is 5.82 Å². The summed E-state index contributed by atoms with van der Waals surface area (Å²) >= 11 is 0. The molecule has 0 aromatic carbocycles. The van der Waals surface area contributed by atoms with Gasteiger partial charge in [0.2, 0.25) is 0 Å². The standard InChI is InChI=1S/C17H23N5/c1-2-16-21-15(14-5-8-18-9-6-14)10-17(22-16)20-12-13-4-3-7-19-11-13/h5-6,8-10,13,19H,2-4,7,11-12H2,1H3,(H,20,21,22). The molecule has 2 aromatic heterocycles. The van der Waals surface area contributed by atoms with Crippen LogP contribution in [0.25, 0.3) is 11.3 Å². The molecule has 22 heavy (non-hydrogen) atoms. The van der Waals surface area contributed by atoms with Gasteiger partial charge in [0.25, 0.3) is 0 Å². The molecule has 2 N–H and O–H groups in total. The predicted molar refractivity (Wildman–Crippen MR) is 88.7 cm³/mol. The van der Waals surface area contributed by atoms with Gasteiger partial charge in [-0.1, -0.05) is 6.92 Å². The summed E-state index contributed by atoms with van der Waals surface area (Å²) in [6.07, 6.45) is 6.97. The van der Waals surface area contributed by atoms with E-state index in [4.69, 9.17) is 0 Å². The van der Waals surface area contributed by atoms with Crippen LogP contribution in [-0.4, -0.2) is 34.6 Å². The van der Waals surface area contributed by atoms with Gasteiger partial charge in [0.05, 0.1) is 5.69 Å². The Labute approximate surface area is 131 Å². The first-order chi connectivity index (χ1) is 10.8. The molecule has 5 nitrogen and oxygen atoms in total. The molecule has 3 heterocycles. The minimum absolute atomic E-state index is 0.679. The monoisotopic (exact) mass is 297 g/mol. The molecule has 0 radical (unpaired) electrons.